The van der Waals surface area contributed by atoms with E-state index in [0.717, 1.165) is 35.2 Å². The van der Waals surface area contributed by atoms with Crippen LogP contribution in [0.3, 0.4) is 0 Å². The van der Waals surface area contributed by atoms with Gasteiger partial charge in [-0.2, -0.15) is 0 Å². The Hall–Kier alpha value is -1.91. The molecule has 0 radical (unpaired) electrons. The van der Waals surface area contributed by atoms with Gasteiger partial charge in [0, 0.05) is 28.6 Å². The van der Waals surface area contributed by atoms with Crippen LogP contribution < -0.4 is 4.90 Å². The van der Waals surface area contributed by atoms with Gasteiger partial charge in [-0.15, -0.1) is 11.3 Å². The molecule has 0 amide bonds. The fourth-order valence-electron chi connectivity index (χ4n) is 2.54. The van der Waals surface area contributed by atoms with Gasteiger partial charge in [0.25, 0.3) is 0 Å². The molecule has 0 spiro atoms. The molecule has 2 heterocycles. The van der Waals surface area contributed by atoms with Crippen molar-refractivity contribution >= 4 is 27.9 Å². The third kappa shape index (κ3) is 2.77. The topological polar surface area (TPSA) is 36.4 Å². The summed E-state index contributed by atoms with van der Waals surface area (Å²) in [6, 6.07) is 12.4. The number of anilines is 1. The average Bonchev–Trinajstić information content (AvgIpc) is 3.05. The van der Waals surface area contributed by atoms with E-state index >= 15 is 0 Å². The summed E-state index contributed by atoms with van der Waals surface area (Å²) in [7, 11) is 0. The summed E-state index contributed by atoms with van der Waals surface area (Å²) in [6.07, 6.45) is 1.79. The summed E-state index contributed by atoms with van der Waals surface area (Å²) >= 11 is 1.76. The second-order valence-electron chi connectivity index (χ2n) is 4.90. The van der Waals surface area contributed by atoms with Crippen molar-refractivity contribution < 1.29 is 5.11 Å². The smallest absolute Gasteiger partial charge is 0.136 e. The number of aliphatic hydroxyl groups excluding tert-OH is 1. The highest BCUT2D eigenvalue weighted by Gasteiger charge is 2.13. The van der Waals surface area contributed by atoms with E-state index in [1.165, 1.54) is 4.88 Å². The number of fused-ring (bicyclic) bond motifs is 1. The third-order valence-electron chi connectivity index (χ3n) is 3.63. The van der Waals surface area contributed by atoms with Gasteiger partial charge in [-0.3, -0.25) is 0 Å². The minimum atomic E-state index is 0.0187. The Morgan fingerprint density at radius 1 is 1.14 bits per heavy atom. The predicted molar refractivity (Wildman–Crippen MR) is 88.7 cm³/mol. The van der Waals surface area contributed by atoms with Crippen LogP contribution in [0.1, 0.15) is 17.4 Å². The summed E-state index contributed by atoms with van der Waals surface area (Å²) in [4.78, 5) is 8.20. The highest BCUT2D eigenvalue weighted by Crippen LogP contribution is 2.28. The van der Waals surface area contributed by atoms with Gasteiger partial charge in [0.05, 0.1) is 13.2 Å². The first-order chi connectivity index (χ1) is 10.3. The number of rotatable bonds is 5. The first-order valence-corrected chi connectivity index (χ1v) is 7.96. The highest BCUT2D eigenvalue weighted by molar-refractivity contribution is 7.09. The van der Waals surface area contributed by atoms with E-state index in [4.69, 9.17) is 0 Å². The average molecular weight is 298 g/mol. The number of benzene rings is 1. The normalized spacial score (nSPS) is 11.0. The molecule has 0 atom stereocenters. The molecule has 0 fully saturated rings. The van der Waals surface area contributed by atoms with Crippen LogP contribution in [0.15, 0.2) is 48.0 Å². The molecule has 0 aliphatic carbocycles. The molecule has 108 valence electrons. The SMILES string of the molecule is CCN(Cc1cccs1)c1ncc(CO)c2ccccc12. The molecule has 0 saturated heterocycles. The van der Waals surface area contributed by atoms with Gasteiger partial charge >= 0.3 is 0 Å². The van der Waals surface area contributed by atoms with Crippen LogP contribution >= 0.6 is 11.3 Å². The van der Waals surface area contributed by atoms with Crippen LogP contribution in [-0.2, 0) is 13.2 Å². The second-order valence-corrected chi connectivity index (χ2v) is 5.94. The standard InChI is InChI=1S/C17H18N2OS/c1-2-19(11-14-6-5-9-21-14)17-16-8-4-3-7-15(16)13(12-20)10-18-17/h3-10,20H,2,11-12H2,1H3. The summed E-state index contributed by atoms with van der Waals surface area (Å²) in [6.45, 7) is 3.92. The number of thiophene rings is 1. The number of hydrogen-bond acceptors (Lipinski definition) is 4. The highest BCUT2D eigenvalue weighted by atomic mass is 32.1. The van der Waals surface area contributed by atoms with E-state index < -0.39 is 0 Å². The van der Waals surface area contributed by atoms with E-state index in [-0.39, 0.29) is 6.61 Å². The number of aromatic nitrogens is 1. The second kappa shape index (κ2) is 6.24. The fraction of sp³-hybridized carbons (Fsp3) is 0.235. The molecule has 3 aromatic rings. The summed E-state index contributed by atoms with van der Waals surface area (Å²) in [5, 5.41) is 13.8. The molecule has 3 nitrogen and oxygen atoms in total. The molecule has 3 rings (SSSR count). The summed E-state index contributed by atoms with van der Waals surface area (Å²) in [5.74, 6) is 0.985. The minimum absolute atomic E-state index is 0.0187. The van der Waals surface area contributed by atoms with Crippen LogP contribution in [0.4, 0.5) is 5.82 Å². The molecule has 1 aromatic carbocycles. The molecule has 1 N–H and O–H groups in total. The Morgan fingerprint density at radius 3 is 2.62 bits per heavy atom. The van der Waals surface area contributed by atoms with Crippen molar-refractivity contribution in [3.63, 3.8) is 0 Å². The van der Waals surface area contributed by atoms with E-state index in [0.29, 0.717) is 0 Å². The Kier molecular flexibility index (Phi) is 4.18. The van der Waals surface area contributed by atoms with Gasteiger partial charge in [0.1, 0.15) is 5.82 Å². The molecular formula is C17H18N2OS. The number of hydrogen-bond donors (Lipinski definition) is 1. The van der Waals surface area contributed by atoms with E-state index in [1.54, 1.807) is 17.5 Å². The predicted octanol–water partition coefficient (Wildman–Crippen LogP) is 3.82. The zero-order valence-electron chi connectivity index (χ0n) is 12.0. The maximum atomic E-state index is 9.48. The van der Waals surface area contributed by atoms with Gasteiger partial charge in [0.2, 0.25) is 0 Å². The largest absolute Gasteiger partial charge is 0.392 e. The first-order valence-electron chi connectivity index (χ1n) is 7.08. The molecule has 0 aliphatic heterocycles. The van der Waals surface area contributed by atoms with Crippen molar-refractivity contribution in [1.82, 2.24) is 4.98 Å². The maximum Gasteiger partial charge on any atom is 0.136 e. The van der Waals surface area contributed by atoms with Gasteiger partial charge in [-0.1, -0.05) is 30.3 Å². The molecule has 2 aromatic heterocycles. The lowest BCUT2D eigenvalue weighted by molar-refractivity contribution is 0.283. The van der Waals surface area contributed by atoms with Crippen molar-refractivity contribution in [2.75, 3.05) is 11.4 Å². The number of pyridine rings is 1. The lowest BCUT2D eigenvalue weighted by atomic mass is 10.1. The van der Waals surface area contributed by atoms with Crippen LogP contribution in [0.25, 0.3) is 10.8 Å². The molecule has 4 heteroatoms. The molecular weight excluding hydrogens is 280 g/mol. The van der Waals surface area contributed by atoms with Gasteiger partial charge < -0.3 is 10.0 Å². The monoisotopic (exact) mass is 298 g/mol. The fourth-order valence-corrected chi connectivity index (χ4v) is 3.26. The van der Waals surface area contributed by atoms with Crippen molar-refractivity contribution in [1.29, 1.82) is 0 Å². The Bertz CT molecular complexity index is 725. The van der Waals surface area contributed by atoms with E-state index in [9.17, 15) is 5.11 Å². The van der Waals surface area contributed by atoms with Crippen molar-refractivity contribution in [3.05, 3.63) is 58.4 Å². The summed E-state index contributed by atoms with van der Waals surface area (Å²) in [5.41, 5.74) is 0.876. The van der Waals surface area contributed by atoms with Crippen molar-refractivity contribution in [3.8, 4) is 0 Å². The molecule has 21 heavy (non-hydrogen) atoms. The Balaban J connectivity index is 2.06. The lowest BCUT2D eigenvalue weighted by Crippen LogP contribution is -2.23. The third-order valence-corrected chi connectivity index (χ3v) is 4.50. The quantitative estimate of drug-likeness (QED) is 0.778. The zero-order valence-corrected chi connectivity index (χ0v) is 12.8. The number of nitrogens with zero attached hydrogens (tertiary/aromatic N) is 2. The van der Waals surface area contributed by atoms with Gasteiger partial charge in [-0.05, 0) is 23.8 Å². The van der Waals surface area contributed by atoms with Crippen molar-refractivity contribution in [2.24, 2.45) is 0 Å². The van der Waals surface area contributed by atoms with Gasteiger partial charge in [0.15, 0.2) is 0 Å². The molecule has 0 aliphatic rings. The van der Waals surface area contributed by atoms with Gasteiger partial charge in [-0.25, -0.2) is 4.98 Å². The maximum absolute atomic E-state index is 9.48. The zero-order chi connectivity index (χ0) is 14.7. The molecule has 0 saturated carbocycles. The number of aliphatic hydroxyl groups is 1. The van der Waals surface area contributed by atoms with E-state index in [1.807, 2.05) is 18.2 Å². The summed E-state index contributed by atoms with van der Waals surface area (Å²) < 4.78 is 0. The minimum Gasteiger partial charge on any atom is -0.392 e. The Morgan fingerprint density at radius 2 is 1.95 bits per heavy atom. The van der Waals surface area contributed by atoms with Crippen LogP contribution in [-0.4, -0.2) is 16.6 Å². The lowest BCUT2D eigenvalue weighted by Gasteiger charge is -2.23. The Labute approximate surface area is 128 Å². The first kappa shape index (κ1) is 14.0. The van der Waals surface area contributed by atoms with Crippen molar-refractivity contribution in [2.45, 2.75) is 20.1 Å². The van der Waals surface area contributed by atoms with Crippen LogP contribution in [0.5, 0.6) is 0 Å². The molecule has 0 unspecified atom stereocenters. The van der Waals surface area contributed by atoms with Crippen LogP contribution in [0.2, 0.25) is 0 Å². The molecule has 0 bridgehead atoms. The van der Waals surface area contributed by atoms with Crippen LogP contribution in [0, 0.1) is 0 Å². The van der Waals surface area contributed by atoms with E-state index in [2.05, 4.69) is 40.4 Å².